The Kier molecular flexibility index (Phi) is 5.59. The van der Waals surface area contributed by atoms with Crippen LogP contribution in [0.2, 0.25) is 0 Å². The Balaban J connectivity index is 2.18. The van der Waals surface area contributed by atoms with Crippen molar-refractivity contribution in [2.24, 2.45) is 0 Å². The topological polar surface area (TPSA) is 45.6 Å². The third kappa shape index (κ3) is 3.55. The molecule has 1 N–H and O–H groups in total. The van der Waals surface area contributed by atoms with Crippen molar-refractivity contribution in [3.05, 3.63) is 24.0 Å². The van der Waals surface area contributed by atoms with Gasteiger partial charge in [-0.3, -0.25) is 9.88 Å². The quantitative estimate of drug-likeness (QED) is 0.838. The van der Waals surface area contributed by atoms with Crippen LogP contribution in [-0.4, -0.2) is 40.2 Å². The summed E-state index contributed by atoms with van der Waals surface area (Å²) in [5.74, 6) is 0.744. The molecule has 1 saturated heterocycles. The number of likely N-dealkylation sites (tertiary alicyclic amines) is 1. The molecule has 1 aliphatic rings. The van der Waals surface area contributed by atoms with E-state index >= 15 is 0 Å². The molecule has 118 valence electrons. The summed E-state index contributed by atoms with van der Waals surface area (Å²) in [5.41, 5.74) is 0.613. The van der Waals surface area contributed by atoms with Crippen LogP contribution in [0, 0.1) is 0 Å². The molecule has 0 spiro atoms. The van der Waals surface area contributed by atoms with E-state index in [1.165, 1.54) is 12.8 Å². The van der Waals surface area contributed by atoms with Crippen molar-refractivity contribution in [2.45, 2.75) is 58.1 Å². The molecule has 1 aromatic rings. The Morgan fingerprint density at radius 2 is 2.05 bits per heavy atom. The molecule has 0 aliphatic carbocycles. The van der Waals surface area contributed by atoms with E-state index < -0.39 is 6.10 Å². The molecular weight excluding hydrogens is 264 g/mol. The lowest BCUT2D eigenvalue weighted by Gasteiger charge is -2.42. The number of hydrogen-bond acceptors (Lipinski definition) is 4. The number of aliphatic hydroxyl groups excluding tert-OH is 1. The second-order valence-corrected chi connectivity index (χ2v) is 6.11. The Morgan fingerprint density at radius 3 is 2.67 bits per heavy atom. The number of aliphatic hydroxyl groups is 1. The molecule has 1 aromatic heterocycles. The van der Waals surface area contributed by atoms with E-state index in [0.29, 0.717) is 6.61 Å². The second kappa shape index (κ2) is 7.23. The summed E-state index contributed by atoms with van der Waals surface area (Å²) >= 11 is 0. The highest BCUT2D eigenvalue weighted by molar-refractivity contribution is 5.27. The lowest BCUT2D eigenvalue weighted by Crippen LogP contribution is -2.48. The zero-order valence-electron chi connectivity index (χ0n) is 13.5. The van der Waals surface area contributed by atoms with Gasteiger partial charge in [0, 0.05) is 17.3 Å². The van der Waals surface area contributed by atoms with Gasteiger partial charge in [0.2, 0.25) is 0 Å². The second-order valence-electron chi connectivity index (χ2n) is 6.11. The smallest absolute Gasteiger partial charge is 0.137 e. The molecule has 21 heavy (non-hydrogen) atoms. The summed E-state index contributed by atoms with van der Waals surface area (Å²) in [6, 6.07) is 1.93. The van der Waals surface area contributed by atoms with E-state index in [2.05, 4.69) is 30.7 Å². The maximum absolute atomic E-state index is 10.9. The lowest BCUT2D eigenvalue weighted by molar-refractivity contribution is -0.0143. The molecule has 0 bridgehead atoms. The van der Waals surface area contributed by atoms with E-state index in [9.17, 15) is 5.11 Å². The molecule has 0 radical (unpaired) electrons. The number of rotatable bonds is 7. The fourth-order valence-electron chi connectivity index (χ4n) is 3.06. The third-order valence-corrected chi connectivity index (χ3v) is 4.66. The standard InChI is InChI=1S/C17H28N2O2/c1-4-10-21-15-11-14(12-18-13-15)16(20)17(3,5-2)19-8-6-7-9-19/h11-13,16,20H,4-10H2,1-3H3. The van der Waals surface area contributed by atoms with Crippen LogP contribution in [0.1, 0.15) is 58.1 Å². The van der Waals surface area contributed by atoms with Crippen molar-refractivity contribution in [3.8, 4) is 5.75 Å². The van der Waals surface area contributed by atoms with Crippen LogP contribution in [0.3, 0.4) is 0 Å². The summed E-state index contributed by atoms with van der Waals surface area (Å²) < 4.78 is 5.63. The van der Waals surface area contributed by atoms with Gasteiger partial charge in [0.25, 0.3) is 0 Å². The maximum atomic E-state index is 10.9. The first-order chi connectivity index (χ1) is 10.1. The zero-order chi connectivity index (χ0) is 15.3. The van der Waals surface area contributed by atoms with Gasteiger partial charge in [-0.05, 0) is 51.8 Å². The predicted molar refractivity (Wildman–Crippen MR) is 84.5 cm³/mol. The molecule has 4 heteroatoms. The number of aromatic nitrogens is 1. The van der Waals surface area contributed by atoms with Crippen molar-refractivity contribution >= 4 is 0 Å². The van der Waals surface area contributed by atoms with Crippen molar-refractivity contribution < 1.29 is 9.84 Å². The predicted octanol–water partition coefficient (Wildman–Crippen LogP) is 3.17. The van der Waals surface area contributed by atoms with E-state index in [1.807, 2.05) is 6.07 Å². The van der Waals surface area contributed by atoms with E-state index in [-0.39, 0.29) is 5.54 Å². The normalized spacial score (nSPS) is 20.2. The zero-order valence-corrected chi connectivity index (χ0v) is 13.5. The van der Waals surface area contributed by atoms with E-state index in [1.54, 1.807) is 12.4 Å². The van der Waals surface area contributed by atoms with Gasteiger partial charge < -0.3 is 9.84 Å². The van der Waals surface area contributed by atoms with Crippen LogP contribution in [0.5, 0.6) is 5.75 Å². The van der Waals surface area contributed by atoms with E-state index in [4.69, 9.17) is 4.74 Å². The minimum absolute atomic E-state index is 0.235. The van der Waals surface area contributed by atoms with Gasteiger partial charge >= 0.3 is 0 Å². The first-order valence-corrected chi connectivity index (χ1v) is 8.12. The third-order valence-electron chi connectivity index (χ3n) is 4.66. The van der Waals surface area contributed by atoms with Crippen molar-refractivity contribution in [3.63, 3.8) is 0 Å². The summed E-state index contributed by atoms with van der Waals surface area (Å²) in [6.07, 6.45) is 7.25. The van der Waals surface area contributed by atoms with Gasteiger partial charge in [0.05, 0.1) is 18.9 Å². The summed E-state index contributed by atoms with van der Waals surface area (Å²) in [7, 11) is 0. The van der Waals surface area contributed by atoms with Crippen molar-refractivity contribution in [1.29, 1.82) is 0 Å². The Bertz CT molecular complexity index is 446. The van der Waals surface area contributed by atoms with Crippen LogP contribution >= 0.6 is 0 Å². The number of ether oxygens (including phenoxy) is 1. The van der Waals surface area contributed by atoms with Crippen molar-refractivity contribution in [2.75, 3.05) is 19.7 Å². The molecule has 2 atom stereocenters. The fraction of sp³-hybridized carbons (Fsp3) is 0.706. The summed E-state index contributed by atoms with van der Waals surface area (Å²) in [4.78, 5) is 6.64. The molecule has 1 fully saturated rings. The Labute approximate surface area is 128 Å². The first kappa shape index (κ1) is 16.2. The van der Waals surface area contributed by atoms with Gasteiger partial charge in [0.15, 0.2) is 0 Å². The van der Waals surface area contributed by atoms with Gasteiger partial charge in [-0.15, -0.1) is 0 Å². The number of pyridine rings is 1. The minimum Gasteiger partial charge on any atom is -0.492 e. The van der Waals surface area contributed by atoms with Gasteiger partial charge in [-0.2, -0.15) is 0 Å². The molecule has 0 saturated carbocycles. The van der Waals surface area contributed by atoms with Gasteiger partial charge in [-0.25, -0.2) is 0 Å². The molecular formula is C17H28N2O2. The van der Waals surface area contributed by atoms with Crippen molar-refractivity contribution in [1.82, 2.24) is 9.88 Å². The van der Waals surface area contributed by atoms with Crippen LogP contribution in [0.4, 0.5) is 0 Å². The molecule has 2 unspecified atom stereocenters. The SMILES string of the molecule is CCCOc1cncc(C(O)C(C)(CC)N2CCCC2)c1. The minimum atomic E-state index is -0.543. The highest BCUT2D eigenvalue weighted by atomic mass is 16.5. The number of hydrogen-bond donors (Lipinski definition) is 1. The fourth-order valence-corrected chi connectivity index (χ4v) is 3.06. The van der Waals surface area contributed by atoms with Crippen LogP contribution < -0.4 is 4.74 Å². The maximum Gasteiger partial charge on any atom is 0.137 e. The molecule has 2 heterocycles. The van der Waals surface area contributed by atoms with Gasteiger partial charge in [-0.1, -0.05) is 13.8 Å². The summed E-state index contributed by atoms with van der Waals surface area (Å²) in [5, 5.41) is 10.9. The molecule has 1 aliphatic heterocycles. The Morgan fingerprint density at radius 1 is 1.33 bits per heavy atom. The average Bonchev–Trinajstić information content (AvgIpc) is 3.06. The van der Waals surface area contributed by atoms with Crippen LogP contribution in [-0.2, 0) is 0 Å². The van der Waals surface area contributed by atoms with Crippen LogP contribution in [0.25, 0.3) is 0 Å². The molecule has 0 amide bonds. The highest BCUT2D eigenvalue weighted by Gasteiger charge is 2.39. The lowest BCUT2D eigenvalue weighted by atomic mass is 9.86. The first-order valence-electron chi connectivity index (χ1n) is 8.12. The van der Waals surface area contributed by atoms with Crippen LogP contribution in [0.15, 0.2) is 18.5 Å². The molecule has 4 nitrogen and oxygen atoms in total. The average molecular weight is 292 g/mol. The monoisotopic (exact) mass is 292 g/mol. The largest absolute Gasteiger partial charge is 0.492 e. The van der Waals surface area contributed by atoms with Gasteiger partial charge in [0.1, 0.15) is 5.75 Å². The Hall–Kier alpha value is -1.13. The van der Waals surface area contributed by atoms with E-state index in [0.717, 1.165) is 37.2 Å². The highest BCUT2D eigenvalue weighted by Crippen LogP contribution is 2.36. The summed E-state index contributed by atoms with van der Waals surface area (Å²) in [6.45, 7) is 9.20. The molecule has 2 rings (SSSR count). The number of nitrogens with zero attached hydrogens (tertiary/aromatic N) is 2. The molecule has 0 aromatic carbocycles.